The number of alkyl halides is 2. The molecule has 0 aliphatic carbocycles. The fraction of sp³-hybridized carbons (Fsp3) is 0.556. The Balaban J connectivity index is 2.53. The van der Waals surface area contributed by atoms with Gasteiger partial charge in [0.1, 0.15) is 0 Å². The minimum atomic E-state index is -2.31. The molecule has 14 heavy (non-hydrogen) atoms. The van der Waals surface area contributed by atoms with E-state index in [1.807, 2.05) is 19.9 Å². The molecule has 0 aromatic carbocycles. The van der Waals surface area contributed by atoms with Crippen LogP contribution in [0.2, 0.25) is 0 Å². The summed E-state index contributed by atoms with van der Waals surface area (Å²) < 4.78 is 23.7. The molecule has 3 nitrogen and oxygen atoms in total. The first-order chi connectivity index (χ1) is 6.59. The zero-order valence-electron chi connectivity index (χ0n) is 8.22. The van der Waals surface area contributed by atoms with Gasteiger partial charge in [0, 0.05) is 6.54 Å². The number of aromatic nitrogens is 2. The average Bonchev–Trinajstić information content (AvgIpc) is 2.10. The number of hydrogen-bond acceptors (Lipinski definition) is 3. The van der Waals surface area contributed by atoms with Gasteiger partial charge in [0.25, 0.3) is 6.43 Å². The third-order valence-electron chi connectivity index (χ3n) is 1.82. The van der Waals surface area contributed by atoms with Crippen molar-refractivity contribution < 1.29 is 8.78 Å². The molecule has 0 amide bonds. The van der Waals surface area contributed by atoms with Crippen LogP contribution >= 0.6 is 0 Å². The van der Waals surface area contributed by atoms with Crippen LogP contribution in [-0.4, -0.2) is 23.2 Å². The third kappa shape index (κ3) is 3.33. The summed E-state index contributed by atoms with van der Waals surface area (Å²) in [6, 6.07) is 1.85. The van der Waals surface area contributed by atoms with Gasteiger partial charge in [0.15, 0.2) is 0 Å². The van der Waals surface area contributed by atoms with Gasteiger partial charge in [-0.3, -0.25) is 0 Å². The van der Waals surface area contributed by atoms with Crippen molar-refractivity contribution in [3.63, 3.8) is 0 Å². The van der Waals surface area contributed by atoms with Crippen LogP contribution < -0.4 is 5.32 Å². The normalized spacial score (nSPS) is 10.9. The van der Waals surface area contributed by atoms with Crippen molar-refractivity contribution >= 4 is 0 Å². The number of halogens is 2. The Morgan fingerprint density at radius 3 is 2.71 bits per heavy atom. The monoisotopic (exact) mass is 201 g/mol. The molecular formula is C9H13F2N3. The van der Waals surface area contributed by atoms with Crippen LogP contribution in [0.1, 0.15) is 17.0 Å². The lowest BCUT2D eigenvalue weighted by Gasteiger charge is -2.06. The van der Waals surface area contributed by atoms with Crippen molar-refractivity contribution in [3.8, 4) is 0 Å². The molecule has 0 saturated carbocycles. The van der Waals surface area contributed by atoms with Gasteiger partial charge in [0.2, 0.25) is 0 Å². The van der Waals surface area contributed by atoms with Crippen LogP contribution in [0.5, 0.6) is 0 Å². The summed E-state index contributed by atoms with van der Waals surface area (Å²) in [6.07, 6.45) is -2.31. The van der Waals surface area contributed by atoms with Gasteiger partial charge in [-0.25, -0.2) is 8.78 Å². The molecule has 0 aliphatic rings. The Labute approximate surface area is 81.5 Å². The fourth-order valence-corrected chi connectivity index (χ4v) is 1.10. The van der Waals surface area contributed by atoms with E-state index in [2.05, 4.69) is 15.5 Å². The van der Waals surface area contributed by atoms with Crippen LogP contribution in [0, 0.1) is 13.8 Å². The Hall–Kier alpha value is -1.10. The van der Waals surface area contributed by atoms with E-state index in [0.29, 0.717) is 6.54 Å². The lowest BCUT2D eigenvalue weighted by atomic mass is 10.2. The first-order valence-electron chi connectivity index (χ1n) is 4.38. The maximum atomic E-state index is 11.8. The first-order valence-corrected chi connectivity index (χ1v) is 4.38. The third-order valence-corrected chi connectivity index (χ3v) is 1.82. The maximum Gasteiger partial charge on any atom is 0.250 e. The molecule has 5 heteroatoms. The topological polar surface area (TPSA) is 37.8 Å². The fourth-order valence-electron chi connectivity index (χ4n) is 1.10. The van der Waals surface area contributed by atoms with Gasteiger partial charge in [-0.2, -0.15) is 10.2 Å². The largest absolute Gasteiger partial charge is 0.307 e. The number of hydrogen-bond donors (Lipinski definition) is 1. The van der Waals surface area contributed by atoms with Crippen LogP contribution in [0.25, 0.3) is 0 Å². The highest BCUT2D eigenvalue weighted by atomic mass is 19.3. The van der Waals surface area contributed by atoms with Crippen LogP contribution in [0.3, 0.4) is 0 Å². The molecule has 1 heterocycles. The minimum Gasteiger partial charge on any atom is -0.307 e. The van der Waals surface area contributed by atoms with Gasteiger partial charge < -0.3 is 5.32 Å². The molecule has 0 atom stereocenters. The highest BCUT2D eigenvalue weighted by molar-refractivity contribution is 5.19. The van der Waals surface area contributed by atoms with Gasteiger partial charge in [0.05, 0.1) is 17.9 Å². The summed E-state index contributed by atoms with van der Waals surface area (Å²) in [4.78, 5) is 0. The van der Waals surface area contributed by atoms with E-state index >= 15 is 0 Å². The lowest BCUT2D eigenvalue weighted by molar-refractivity contribution is 0.145. The lowest BCUT2D eigenvalue weighted by Crippen LogP contribution is -2.21. The second-order valence-electron chi connectivity index (χ2n) is 3.12. The molecule has 1 rings (SSSR count). The molecular weight excluding hydrogens is 188 g/mol. The molecule has 0 unspecified atom stereocenters. The van der Waals surface area contributed by atoms with E-state index in [-0.39, 0.29) is 6.54 Å². The van der Waals surface area contributed by atoms with E-state index in [0.717, 1.165) is 17.0 Å². The van der Waals surface area contributed by atoms with E-state index in [1.54, 1.807) is 0 Å². The molecule has 1 N–H and O–H groups in total. The minimum absolute atomic E-state index is 0.291. The molecule has 0 radical (unpaired) electrons. The van der Waals surface area contributed by atoms with Crippen molar-refractivity contribution in [2.45, 2.75) is 26.8 Å². The predicted molar refractivity (Wildman–Crippen MR) is 49.2 cm³/mol. The zero-order chi connectivity index (χ0) is 10.6. The molecule has 0 aliphatic heterocycles. The number of nitrogens with zero attached hydrogens (tertiary/aromatic N) is 2. The standard InChI is InChI=1S/C9H13F2N3/c1-6-3-8(7(2)14-13-6)4-12-5-9(10)11/h3,9,12H,4-5H2,1-2H3. The first kappa shape index (κ1) is 11.0. The van der Waals surface area contributed by atoms with E-state index in [1.165, 1.54) is 0 Å². The second-order valence-corrected chi connectivity index (χ2v) is 3.12. The zero-order valence-corrected chi connectivity index (χ0v) is 8.22. The van der Waals surface area contributed by atoms with E-state index in [4.69, 9.17) is 0 Å². The van der Waals surface area contributed by atoms with Gasteiger partial charge >= 0.3 is 0 Å². The average molecular weight is 201 g/mol. The number of nitrogens with one attached hydrogen (secondary N) is 1. The highest BCUT2D eigenvalue weighted by Gasteiger charge is 2.04. The van der Waals surface area contributed by atoms with E-state index in [9.17, 15) is 8.78 Å². The summed E-state index contributed by atoms with van der Waals surface area (Å²) >= 11 is 0. The summed E-state index contributed by atoms with van der Waals surface area (Å²) in [7, 11) is 0. The van der Waals surface area contributed by atoms with Crippen molar-refractivity contribution in [2.75, 3.05) is 6.54 Å². The molecule has 0 fully saturated rings. The second kappa shape index (κ2) is 4.95. The number of rotatable bonds is 4. The molecule has 0 spiro atoms. The molecule has 0 saturated heterocycles. The van der Waals surface area contributed by atoms with Crippen molar-refractivity contribution in [1.29, 1.82) is 0 Å². The Morgan fingerprint density at radius 2 is 2.07 bits per heavy atom. The van der Waals surface area contributed by atoms with Gasteiger partial charge in [-0.05, 0) is 25.5 Å². The summed E-state index contributed by atoms with van der Waals surface area (Å²) in [6.45, 7) is 3.75. The molecule has 1 aromatic rings. The molecule has 1 aromatic heterocycles. The van der Waals surface area contributed by atoms with E-state index < -0.39 is 6.43 Å². The van der Waals surface area contributed by atoms with Gasteiger partial charge in [-0.1, -0.05) is 0 Å². The van der Waals surface area contributed by atoms with Crippen molar-refractivity contribution in [2.24, 2.45) is 0 Å². The molecule has 78 valence electrons. The summed E-state index contributed by atoms with van der Waals surface area (Å²) in [5, 5.41) is 10.4. The Kier molecular flexibility index (Phi) is 3.88. The SMILES string of the molecule is Cc1cc(CNCC(F)F)c(C)nn1. The summed E-state index contributed by atoms with van der Waals surface area (Å²) in [5.74, 6) is 0. The summed E-state index contributed by atoms with van der Waals surface area (Å²) in [5.41, 5.74) is 2.49. The molecule has 0 bridgehead atoms. The highest BCUT2D eigenvalue weighted by Crippen LogP contribution is 2.04. The van der Waals surface area contributed by atoms with Crippen LogP contribution in [-0.2, 0) is 6.54 Å². The van der Waals surface area contributed by atoms with Gasteiger partial charge in [-0.15, -0.1) is 0 Å². The van der Waals surface area contributed by atoms with Crippen LogP contribution in [0.15, 0.2) is 6.07 Å². The number of aryl methyl sites for hydroxylation is 2. The van der Waals surface area contributed by atoms with Crippen molar-refractivity contribution in [3.05, 3.63) is 23.0 Å². The van der Waals surface area contributed by atoms with Crippen LogP contribution in [0.4, 0.5) is 8.78 Å². The smallest absolute Gasteiger partial charge is 0.250 e. The van der Waals surface area contributed by atoms with Crippen molar-refractivity contribution in [1.82, 2.24) is 15.5 Å². The Bertz CT molecular complexity index is 302. The predicted octanol–water partition coefficient (Wildman–Crippen LogP) is 1.45. The quantitative estimate of drug-likeness (QED) is 0.801. The maximum absolute atomic E-state index is 11.8. The Morgan fingerprint density at radius 1 is 1.36 bits per heavy atom.